The van der Waals surface area contributed by atoms with Gasteiger partial charge in [0.1, 0.15) is 6.07 Å². The molecule has 5 nitrogen and oxygen atoms in total. The van der Waals surface area contributed by atoms with E-state index in [2.05, 4.69) is 11.4 Å². The minimum absolute atomic E-state index is 0.580. The van der Waals surface area contributed by atoms with E-state index in [-0.39, 0.29) is 0 Å². The smallest absolute Gasteiger partial charge is 0.101 e. The van der Waals surface area contributed by atoms with E-state index in [9.17, 15) is 0 Å². The number of hydrogen-bond acceptors (Lipinski definition) is 5. The van der Waals surface area contributed by atoms with Gasteiger partial charge in [0, 0.05) is 25.9 Å². The SMILES string of the molecule is COCCOCCCCNc1ccc(N)cc1C#N. The van der Waals surface area contributed by atoms with Gasteiger partial charge in [0.2, 0.25) is 0 Å². The zero-order valence-electron chi connectivity index (χ0n) is 11.3. The summed E-state index contributed by atoms with van der Waals surface area (Å²) in [6, 6.07) is 7.43. The molecule has 0 aliphatic carbocycles. The van der Waals surface area contributed by atoms with Gasteiger partial charge >= 0.3 is 0 Å². The van der Waals surface area contributed by atoms with Crippen LogP contribution in [0, 0.1) is 11.3 Å². The van der Waals surface area contributed by atoms with Crippen LogP contribution in [0.3, 0.4) is 0 Å². The summed E-state index contributed by atoms with van der Waals surface area (Å²) >= 11 is 0. The first-order chi connectivity index (χ1) is 9.27. The van der Waals surface area contributed by atoms with Crippen LogP contribution in [0.15, 0.2) is 18.2 Å². The number of anilines is 2. The predicted molar refractivity (Wildman–Crippen MR) is 76.0 cm³/mol. The third-order valence-corrected chi connectivity index (χ3v) is 2.63. The van der Waals surface area contributed by atoms with Crippen molar-refractivity contribution >= 4 is 11.4 Å². The molecule has 1 aromatic carbocycles. The van der Waals surface area contributed by atoms with Gasteiger partial charge in [0.25, 0.3) is 0 Å². The molecule has 0 atom stereocenters. The molecule has 0 amide bonds. The van der Waals surface area contributed by atoms with Gasteiger partial charge in [0.15, 0.2) is 0 Å². The summed E-state index contributed by atoms with van der Waals surface area (Å²) in [5.74, 6) is 0. The Morgan fingerprint density at radius 3 is 2.84 bits per heavy atom. The fourth-order valence-corrected chi connectivity index (χ4v) is 1.61. The van der Waals surface area contributed by atoms with Gasteiger partial charge in [-0.3, -0.25) is 0 Å². The number of nitrogen functional groups attached to an aromatic ring is 1. The largest absolute Gasteiger partial charge is 0.399 e. The molecule has 0 aliphatic heterocycles. The fraction of sp³-hybridized carbons (Fsp3) is 0.500. The lowest BCUT2D eigenvalue weighted by Gasteiger charge is -2.09. The Kier molecular flexibility index (Phi) is 7.40. The number of nitrogens with zero attached hydrogens (tertiary/aromatic N) is 1. The molecule has 0 saturated carbocycles. The van der Waals surface area contributed by atoms with Crippen molar-refractivity contribution < 1.29 is 9.47 Å². The maximum Gasteiger partial charge on any atom is 0.101 e. The second kappa shape index (κ2) is 9.20. The molecule has 0 heterocycles. The molecular formula is C14H21N3O2. The zero-order valence-corrected chi connectivity index (χ0v) is 11.3. The van der Waals surface area contributed by atoms with Crippen molar-refractivity contribution in [2.24, 2.45) is 0 Å². The maximum atomic E-state index is 8.99. The van der Waals surface area contributed by atoms with E-state index in [1.54, 1.807) is 19.2 Å². The van der Waals surface area contributed by atoms with E-state index < -0.39 is 0 Å². The molecular weight excluding hydrogens is 242 g/mol. The first-order valence-electron chi connectivity index (χ1n) is 6.38. The number of ether oxygens (including phenoxy) is 2. The van der Waals surface area contributed by atoms with E-state index in [4.69, 9.17) is 20.5 Å². The number of methoxy groups -OCH3 is 1. The second-order valence-corrected chi connectivity index (χ2v) is 4.16. The van der Waals surface area contributed by atoms with Crippen LogP contribution in [0.4, 0.5) is 11.4 Å². The summed E-state index contributed by atoms with van der Waals surface area (Å²) in [6.07, 6.45) is 1.97. The molecule has 0 fully saturated rings. The van der Waals surface area contributed by atoms with Gasteiger partial charge in [-0.2, -0.15) is 5.26 Å². The molecule has 0 saturated heterocycles. The van der Waals surface area contributed by atoms with E-state index in [1.807, 2.05) is 6.07 Å². The normalized spacial score (nSPS) is 10.1. The number of rotatable bonds is 9. The summed E-state index contributed by atoms with van der Waals surface area (Å²) in [7, 11) is 1.66. The Balaban J connectivity index is 2.18. The average molecular weight is 263 g/mol. The van der Waals surface area contributed by atoms with Crippen LogP contribution in [0.25, 0.3) is 0 Å². The van der Waals surface area contributed by atoms with Crippen molar-refractivity contribution in [1.29, 1.82) is 5.26 Å². The molecule has 0 bridgehead atoms. The Hall–Kier alpha value is -1.77. The molecule has 5 heteroatoms. The highest BCUT2D eigenvalue weighted by Gasteiger charge is 2.01. The minimum Gasteiger partial charge on any atom is -0.399 e. The van der Waals surface area contributed by atoms with E-state index in [0.717, 1.165) is 31.7 Å². The van der Waals surface area contributed by atoms with Crippen LogP contribution in [0.5, 0.6) is 0 Å². The topological polar surface area (TPSA) is 80.3 Å². The van der Waals surface area contributed by atoms with Crippen molar-refractivity contribution in [1.82, 2.24) is 0 Å². The Labute approximate surface area is 114 Å². The predicted octanol–water partition coefficient (Wildman–Crippen LogP) is 2.00. The fourth-order valence-electron chi connectivity index (χ4n) is 1.61. The minimum atomic E-state index is 0.580. The van der Waals surface area contributed by atoms with Crippen LogP contribution in [0.1, 0.15) is 18.4 Å². The molecule has 0 radical (unpaired) electrons. The summed E-state index contributed by atoms with van der Waals surface area (Å²) in [5.41, 5.74) is 7.65. The highest BCUT2D eigenvalue weighted by Crippen LogP contribution is 2.17. The van der Waals surface area contributed by atoms with Crippen molar-refractivity contribution in [3.8, 4) is 6.07 Å². The standard InChI is InChI=1S/C14H21N3O2/c1-18-8-9-19-7-3-2-6-17-14-5-4-13(16)10-12(14)11-15/h4-5,10,17H,2-3,6-9,16H2,1H3. The summed E-state index contributed by atoms with van der Waals surface area (Å²) in [5, 5.41) is 12.2. The van der Waals surface area contributed by atoms with Crippen molar-refractivity contribution in [2.45, 2.75) is 12.8 Å². The lowest BCUT2D eigenvalue weighted by atomic mass is 10.1. The average Bonchev–Trinajstić information content (AvgIpc) is 2.43. The van der Waals surface area contributed by atoms with Crippen molar-refractivity contribution in [3.05, 3.63) is 23.8 Å². The van der Waals surface area contributed by atoms with E-state index in [0.29, 0.717) is 24.5 Å². The monoisotopic (exact) mass is 263 g/mol. The molecule has 19 heavy (non-hydrogen) atoms. The number of hydrogen-bond donors (Lipinski definition) is 2. The van der Waals surface area contributed by atoms with Crippen LogP contribution in [-0.2, 0) is 9.47 Å². The van der Waals surface area contributed by atoms with Gasteiger partial charge in [-0.25, -0.2) is 0 Å². The van der Waals surface area contributed by atoms with Crippen molar-refractivity contribution in [2.75, 3.05) is 44.5 Å². The number of benzene rings is 1. The van der Waals surface area contributed by atoms with Gasteiger partial charge in [-0.15, -0.1) is 0 Å². The van der Waals surface area contributed by atoms with Gasteiger partial charge < -0.3 is 20.5 Å². The first-order valence-corrected chi connectivity index (χ1v) is 6.38. The summed E-state index contributed by atoms with van der Waals surface area (Å²) < 4.78 is 10.2. The highest BCUT2D eigenvalue weighted by molar-refractivity contribution is 5.62. The molecule has 0 spiro atoms. The van der Waals surface area contributed by atoms with E-state index in [1.165, 1.54) is 0 Å². The van der Waals surface area contributed by atoms with Crippen LogP contribution < -0.4 is 11.1 Å². The number of unbranched alkanes of at least 4 members (excludes halogenated alkanes) is 1. The molecule has 104 valence electrons. The number of nitrogens with one attached hydrogen (secondary N) is 1. The third-order valence-electron chi connectivity index (χ3n) is 2.63. The molecule has 0 unspecified atom stereocenters. The van der Waals surface area contributed by atoms with Crippen LogP contribution >= 0.6 is 0 Å². The van der Waals surface area contributed by atoms with Crippen LogP contribution in [0.2, 0.25) is 0 Å². The summed E-state index contributed by atoms with van der Waals surface area (Å²) in [4.78, 5) is 0. The lowest BCUT2D eigenvalue weighted by Crippen LogP contribution is -2.07. The van der Waals surface area contributed by atoms with Gasteiger partial charge in [0.05, 0.1) is 24.5 Å². The molecule has 0 aliphatic rings. The Morgan fingerprint density at radius 2 is 2.11 bits per heavy atom. The zero-order chi connectivity index (χ0) is 13.9. The highest BCUT2D eigenvalue weighted by atomic mass is 16.5. The van der Waals surface area contributed by atoms with Gasteiger partial charge in [-0.1, -0.05) is 0 Å². The first kappa shape index (κ1) is 15.3. The molecule has 3 N–H and O–H groups in total. The lowest BCUT2D eigenvalue weighted by molar-refractivity contribution is 0.0691. The molecule has 1 rings (SSSR count). The van der Waals surface area contributed by atoms with Crippen LogP contribution in [-0.4, -0.2) is 33.5 Å². The number of nitrogens with two attached hydrogens (primary N) is 1. The third kappa shape index (κ3) is 6.09. The molecule has 0 aromatic heterocycles. The van der Waals surface area contributed by atoms with Crippen molar-refractivity contribution in [3.63, 3.8) is 0 Å². The second-order valence-electron chi connectivity index (χ2n) is 4.16. The Morgan fingerprint density at radius 1 is 1.26 bits per heavy atom. The van der Waals surface area contributed by atoms with Gasteiger partial charge in [-0.05, 0) is 31.0 Å². The Bertz CT molecular complexity index is 416. The maximum absolute atomic E-state index is 8.99. The number of nitriles is 1. The van der Waals surface area contributed by atoms with E-state index >= 15 is 0 Å². The molecule has 1 aromatic rings. The summed E-state index contributed by atoms with van der Waals surface area (Å²) in [6.45, 7) is 2.82. The quantitative estimate of drug-likeness (QED) is 0.526.